The Hall–Kier alpha value is -2.75. The van der Waals surface area contributed by atoms with E-state index in [2.05, 4.69) is 32.6 Å². The van der Waals surface area contributed by atoms with Gasteiger partial charge in [0.1, 0.15) is 17.5 Å². The molecule has 1 aromatic carbocycles. The summed E-state index contributed by atoms with van der Waals surface area (Å²) in [4.78, 5) is 21.4. The number of halogens is 2. The molecule has 0 spiro atoms. The molecule has 2 N–H and O–H groups in total. The number of carbonyl (C=O) groups excluding carboxylic acids is 1. The predicted molar refractivity (Wildman–Crippen MR) is 114 cm³/mol. The first-order valence-electron chi connectivity index (χ1n) is 9.75. The molecular weight excluding hydrogens is 410 g/mol. The van der Waals surface area contributed by atoms with Crippen LogP contribution in [-0.2, 0) is 6.54 Å². The van der Waals surface area contributed by atoms with Gasteiger partial charge in [-0.2, -0.15) is 5.10 Å². The highest BCUT2D eigenvalue weighted by molar-refractivity contribution is 7.99. The molecule has 0 aliphatic rings. The highest BCUT2D eigenvalue weighted by Crippen LogP contribution is 2.25. The SMILES string of the molecule is CCCSc1nc(NC(C)C)c2cnn(CCNC(=O)c3ccc(F)cc3F)c2n1. The van der Waals surface area contributed by atoms with E-state index in [1.165, 1.54) is 0 Å². The Labute approximate surface area is 177 Å². The van der Waals surface area contributed by atoms with Crippen LogP contribution in [0.25, 0.3) is 11.0 Å². The molecule has 2 aromatic heterocycles. The Kier molecular flexibility index (Phi) is 7.20. The van der Waals surface area contributed by atoms with Gasteiger partial charge in [-0.15, -0.1) is 0 Å². The Balaban J connectivity index is 1.76. The van der Waals surface area contributed by atoms with Crippen LogP contribution >= 0.6 is 11.8 Å². The minimum atomic E-state index is -0.897. The lowest BCUT2D eigenvalue weighted by molar-refractivity contribution is 0.0948. The third-order valence-corrected chi connectivity index (χ3v) is 5.17. The first-order valence-corrected chi connectivity index (χ1v) is 10.7. The van der Waals surface area contributed by atoms with E-state index in [1.54, 1.807) is 22.6 Å². The van der Waals surface area contributed by atoms with Crippen LogP contribution in [0, 0.1) is 11.6 Å². The maximum atomic E-state index is 13.8. The Morgan fingerprint density at radius 2 is 2.07 bits per heavy atom. The van der Waals surface area contributed by atoms with E-state index in [-0.39, 0.29) is 18.2 Å². The summed E-state index contributed by atoms with van der Waals surface area (Å²) in [5.41, 5.74) is 0.458. The van der Waals surface area contributed by atoms with Crippen LogP contribution in [0.3, 0.4) is 0 Å². The number of fused-ring (bicyclic) bond motifs is 1. The number of aromatic nitrogens is 4. The number of rotatable bonds is 9. The van der Waals surface area contributed by atoms with Crippen molar-refractivity contribution in [1.82, 2.24) is 25.1 Å². The summed E-state index contributed by atoms with van der Waals surface area (Å²) in [5.74, 6) is -0.613. The highest BCUT2D eigenvalue weighted by Gasteiger charge is 2.15. The van der Waals surface area contributed by atoms with E-state index in [4.69, 9.17) is 0 Å². The topological polar surface area (TPSA) is 84.7 Å². The van der Waals surface area contributed by atoms with Gasteiger partial charge in [-0.1, -0.05) is 18.7 Å². The molecule has 3 rings (SSSR count). The van der Waals surface area contributed by atoms with Crippen LogP contribution < -0.4 is 10.6 Å². The molecular formula is C20H24F2N6OS. The smallest absolute Gasteiger partial charge is 0.254 e. The van der Waals surface area contributed by atoms with Crippen LogP contribution in [0.5, 0.6) is 0 Å². The van der Waals surface area contributed by atoms with Gasteiger partial charge < -0.3 is 10.6 Å². The van der Waals surface area contributed by atoms with Crippen molar-refractivity contribution in [3.63, 3.8) is 0 Å². The summed E-state index contributed by atoms with van der Waals surface area (Å²) in [7, 11) is 0. The third-order valence-electron chi connectivity index (χ3n) is 4.12. The molecule has 0 aliphatic heterocycles. The zero-order valence-electron chi connectivity index (χ0n) is 17.1. The average Bonchev–Trinajstić information content (AvgIpc) is 3.09. The minimum Gasteiger partial charge on any atom is -0.367 e. The van der Waals surface area contributed by atoms with E-state index in [1.807, 2.05) is 13.8 Å². The fraction of sp³-hybridized carbons (Fsp3) is 0.400. The molecule has 0 atom stereocenters. The van der Waals surface area contributed by atoms with Gasteiger partial charge in [0.2, 0.25) is 0 Å². The number of nitrogens with zero attached hydrogens (tertiary/aromatic N) is 4. The Bertz CT molecular complexity index is 1040. The number of hydrogen-bond acceptors (Lipinski definition) is 6. The van der Waals surface area contributed by atoms with Gasteiger partial charge in [-0.3, -0.25) is 4.79 Å². The van der Waals surface area contributed by atoms with Crippen molar-refractivity contribution < 1.29 is 13.6 Å². The van der Waals surface area contributed by atoms with Crippen molar-refractivity contribution in [3.8, 4) is 0 Å². The second-order valence-corrected chi connectivity index (χ2v) is 8.05. The Morgan fingerprint density at radius 1 is 1.27 bits per heavy atom. The van der Waals surface area contributed by atoms with Crippen molar-refractivity contribution in [3.05, 3.63) is 41.6 Å². The first kappa shape index (κ1) is 21.9. The van der Waals surface area contributed by atoms with E-state index in [9.17, 15) is 13.6 Å². The highest BCUT2D eigenvalue weighted by atomic mass is 32.2. The molecule has 0 radical (unpaired) electrons. The van der Waals surface area contributed by atoms with Gasteiger partial charge in [0.25, 0.3) is 5.91 Å². The van der Waals surface area contributed by atoms with E-state index in [0.717, 1.165) is 35.5 Å². The molecule has 10 heteroatoms. The fourth-order valence-corrected chi connectivity index (χ4v) is 3.48. The number of anilines is 1. The number of hydrogen-bond donors (Lipinski definition) is 2. The summed E-state index contributed by atoms with van der Waals surface area (Å²) < 4.78 is 28.5. The standard InChI is InChI=1S/C20H24F2N6OS/c1-4-9-30-20-26-17(25-12(2)3)15-11-24-28(18(15)27-20)8-7-23-19(29)14-6-5-13(21)10-16(14)22/h5-6,10-12H,4,7-9H2,1-3H3,(H,23,29)(H,25,26,27). The maximum absolute atomic E-state index is 13.8. The molecule has 30 heavy (non-hydrogen) atoms. The van der Waals surface area contributed by atoms with E-state index >= 15 is 0 Å². The number of thioether (sulfide) groups is 1. The van der Waals surface area contributed by atoms with Crippen LogP contribution in [0.1, 0.15) is 37.6 Å². The van der Waals surface area contributed by atoms with Crippen LogP contribution in [0.4, 0.5) is 14.6 Å². The molecule has 0 bridgehead atoms. The quantitative estimate of drug-likeness (QED) is 0.393. The molecule has 0 aliphatic carbocycles. The lowest BCUT2D eigenvalue weighted by Gasteiger charge is -2.12. The molecule has 0 fully saturated rings. The molecule has 2 heterocycles. The molecule has 0 saturated carbocycles. The minimum absolute atomic E-state index is 0.195. The van der Waals surface area contributed by atoms with Crippen molar-refractivity contribution >= 4 is 34.5 Å². The van der Waals surface area contributed by atoms with Crippen molar-refractivity contribution in [2.24, 2.45) is 0 Å². The second-order valence-electron chi connectivity index (χ2n) is 6.99. The summed E-state index contributed by atoms with van der Waals surface area (Å²) in [6.45, 7) is 6.70. The maximum Gasteiger partial charge on any atom is 0.254 e. The average molecular weight is 435 g/mol. The fourth-order valence-electron chi connectivity index (χ4n) is 2.78. The lowest BCUT2D eigenvalue weighted by atomic mass is 10.2. The van der Waals surface area contributed by atoms with Crippen LogP contribution in [-0.4, -0.2) is 44.0 Å². The van der Waals surface area contributed by atoms with Gasteiger partial charge >= 0.3 is 0 Å². The van der Waals surface area contributed by atoms with Crippen molar-refractivity contribution in [2.45, 2.75) is 44.9 Å². The van der Waals surface area contributed by atoms with Gasteiger partial charge in [0.05, 0.1) is 23.7 Å². The summed E-state index contributed by atoms with van der Waals surface area (Å²) in [6, 6.07) is 3.05. The predicted octanol–water partition coefficient (Wildman–Crippen LogP) is 3.86. The van der Waals surface area contributed by atoms with Gasteiger partial charge in [-0.05, 0) is 32.4 Å². The molecule has 1 amide bonds. The molecule has 0 saturated heterocycles. The number of nitrogens with one attached hydrogen (secondary N) is 2. The third kappa shape index (κ3) is 5.24. The Morgan fingerprint density at radius 3 is 2.77 bits per heavy atom. The second kappa shape index (κ2) is 9.84. The van der Waals surface area contributed by atoms with Crippen LogP contribution in [0.2, 0.25) is 0 Å². The van der Waals surface area contributed by atoms with Crippen molar-refractivity contribution in [2.75, 3.05) is 17.6 Å². The van der Waals surface area contributed by atoms with E-state index < -0.39 is 17.5 Å². The summed E-state index contributed by atoms with van der Waals surface area (Å²) in [5, 5.41) is 11.8. The monoisotopic (exact) mass is 434 g/mol. The van der Waals surface area contributed by atoms with E-state index in [0.29, 0.717) is 23.4 Å². The molecule has 3 aromatic rings. The summed E-state index contributed by atoms with van der Waals surface area (Å²) in [6.07, 6.45) is 2.69. The zero-order chi connectivity index (χ0) is 21.7. The number of carbonyl (C=O) groups is 1. The van der Waals surface area contributed by atoms with Crippen LogP contribution in [0.15, 0.2) is 29.6 Å². The lowest BCUT2D eigenvalue weighted by Crippen LogP contribution is -2.28. The number of benzene rings is 1. The van der Waals surface area contributed by atoms with Gasteiger partial charge in [-0.25, -0.2) is 23.4 Å². The normalized spacial score (nSPS) is 11.3. The van der Waals surface area contributed by atoms with Gasteiger partial charge in [0, 0.05) is 24.4 Å². The number of amides is 1. The molecule has 0 unspecified atom stereocenters. The zero-order valence-corrected chi connectivity index (χ0v) is 17.9. The molecule has 160 valence electrons. The summed E-state index contributed by atoms with van der Waals surface area (Å²) >= 11 is 1.57. The molecule has 7 nitrogen and oxygen atoms in total. The largest absolute Gasteiger partial charge is 0.367 e. The first-order chi connectivity index (χ1) is 14.4. The van der Waals surface area contributed by atoms with Gasteiger partial charge in [0.15, 0.2) is 10.8 Å². The van der Waals surface area contributed by atoms with Crippen molar-refractivity contribution in [1.29, 1.82) is 0 Å².